The van der Waals surface area contributed by atoms with E-state index in [0.29, 0.717) is 0 Å². The van der Waals surface area contributed by atoms with E-state index in [1.165, 1.54) is 0 Å². The van der Waals surface area contributed by atoms with Crippen molar-refractivity contribution in [3.05, 3.63) is 0 Å². The molecule has 0 N–H and O–H groups in total. The Morgan fingerprint density at radius 2 is 1.00 bits per heavy atom. The minimum Gasteiger partial charge on any atom is -0.759 e. The normalized spacial score (nSPS) is 7.88. The summed E-state index contributed by atoms with van der Waals surface area (Å²) in [4.78, 5) is 19.0. The molecule has 0 saturated carbocycles. The Hall–Kier alpha value is 1.58. The predicted octanol–water partition coefficient (Wildman–Crippen LogP) is -10.4. The van der Waals surface area contributed by atoms with Crippen LogP contribution in [0.25, 0.3) is 0 Å². The Balaban J connectivity index is -0.0000000454. The van der Waals surface area contributed by atoms with Crippen LogP contribution in [0.15, 0.2) is 0 Å². The molecule has 0 aromatic carbocycles. The molecule has 0 unspecified atom stereocenters. The van der Waals surface area contributed by atoms with Gasteiger partial charge in [-0.2, -0.15) is 0 Å². The Bertz CT molecular complexity index is 256. The van der Waals surface area contributed by atoms with Gasteiger partial charge in [-0.3, -0.25) is 8.42 Å². The van der Waals surface area contributed by atoms with Gasteiger partial charge in [0.2, 0.25) is 0 Å². The fourth-order valence-corrected chi connectivity index (χ4v) is 0.204. The third-order valence-electron chi connectivity index (χ3n) is 0.533. The molecule has 16 heavy (non-hydrogen) atoms. The van der Waals surface area contributed by atoms with Crippen molar-refractivity contribution < 1.29 is 96.4 Å². The zero-order valence-electron chi connectivity index (χ0n) is 8.80. The van der Waals surface area contributed by atoms with Crippen LogP contribution < -0.4 is 69.3 Å². The van der Waals surface area contributed by atoms with Crippen LogP contribution in [0.3, 0.4) is 0 Å². The van der Waals surface area contributed by atoms with E-state index < -0.39 is 35.2 Å². The summed E-state index contributed by atoms with van der Waals surface area (Å²) in [6.45, 7) is 0. The number of rotatable bonds is 3. The number of aliphatic carboxylic acids is 2. The number of carboxylic acids is 2. The monoisotopic (exact) mass is 282 g/mol. The smallest absolute Gasteiger partial charge is 0.759 e. The van der Waals surface area contributed by atoms with Crippen LogP contribution in [0.4, 0.5) is 0 Å². The van der Waals surface area contributed by atoms with E-state index in [4.69, 9.17) is 17.5 Å². The standard InChI is InChI=1S/C4H6O4.Mg.2Na.H2O4S/c5-3(6)1-2-4(7)8;;;;1-5(2,3)4/h1-2H2,(H,5,6)(H,7,8);;;;(H2,1,2,3,4)/q;+2;2*+1;/p-4. The first-order valence-corrected chi connectivity index (χ1v) is 4.02. The number of carboxylic acid groups (broad SMARTS) is 2. The van der Waals surface area contributed by atoms with E-state index in [1.807, 2.05) is 0 Å². The van der Waals surface area contributed by atoms with Crippen molar-refractivity contribution in [2.24, 2.45) is 0 Å². The van der Waals surface area contributed by atoms with Crippen LogP contribution >= 0.6 is 0 Å². The molecule has 0 aromatic heterocycles. The van der Waals surface area contributed by atoms with E-state index in [1.54, 1.807) is 0 Å². The molecular weight excluding hydrogens is 278 g/mol. The Morgan fingerprint density at radius 1 is 0.875 bits per heavy atom. The molecule has 0 aromatic rings. The van der Waals surface area contributed by atoms with E-state index in [-0.39, 0.29) is 82.2 Å². The fourth-order valence-electron chi connectivity index (χ4n) is 0.204. The van der Waals surface area contributed by atoms with Gasteiger partial charge in [0.25, 0.3) is 0 Å². The summed E-state index contributed by atoms with van der Waals surface area (Å²) in [6, 6.07) is 0. The molecule has 0 aliphatic carbocycles. The van der Waals surface area contributed by atoms with Crippen molar-refractivity contribution in [2.75, 3.05) is 0 Å². The number of carbonyl (C=O) groups excluding carboxylic acids is 2. The zero-order chi connectivity index (χ0) is 11.1. The van der Waals surface area contributed by atoms with Crippen molar-refractivity contribution in [3.8, 4) is 0 Å². The van der Waals surface area contributed by atoms with Crippen molar-refractivity contribution in [3.63, 3.8) is 0 Å². The third kappa shape index (κ3) is 76.5. The van der Waals surface area contributed by atoms with Crippen LogP contribution in [0.1, 0.15) is 12.8 Å². The van der Waals surface area contributed by atoms with Gasteiger partial charge >= 0.3 is 82.2 Å². The summed E-state index contributed by atoms with van der Waals surface area (Å²) in [6.07, 6.45) is -0.940. The Labute approximate surface area is 152 Å². The van der Waals surface area contributed by atoms with Crippen molar-refractivity contribution in [1.82, 2.24) is 0 Å². The van der Waals surface area contributed by atoms with E-state index in [9.17, 15) is 19.8 Å². The quantitative estimate of drug-likeness (QED) is 0.280. The number of hydrogen-bond donors (Lipinski definition) is 0. The summed E-state index contributed by atoms with van der Waals surface area (Å²) in [5.41, 5.74) is 0. The molecule has 12 heteroatoms. The second-order valence-electron chi connectivity index (χ2n) is 1.65. The maximum absolute atomic E-state index is 9.50. The molecular formula is C4H4MgNa2O8S. The summed E-state index contributed by atoms with van der Waals surface area (Å²) < 4.78 is 34.1. The van der Waals surface area contributed by atoms with Crippen LogP contribution in [-0.4, -0.2) is 52.5 Å². The summed E-state index contributed by atoms with van der Waals surface area (Å²) in [5, 5.41) is 19.0. The van der Waals surface area contributed by atoms with Gasteiger partial charge in [0.05, 0.1) is 0 Å². The van der Waals surface area contributed by atoms with Gasteiger partial charge in [-0.15, -0.1) is 0 Å². The van der Waals surface area contributed by atoms with Gasteiger partial charge in [-0.05, 0) is 12.8 Å². The second kappa shape index (κ2) is 16.6. The van der Waals surface area contributed by atoms with Gasteiger partial charge in [-0.25, -0.2) is 0 Å². The molecule has 0 saturated heterocycles. The van der Waals surface area contributed by atoms with Crippen molar-refractivity contribution in [1.29, 1.82) is 0 Å². The second-order valence-corrected chi connectivity index (χ2v) is 2.47. The van der Waals surface area contributed by atoms with Gasteiger partial charge in [-0.1, -0.05) is 0 Å². The molecule has 0 rings (SSSR count). The first kappa shape index (κ1) is 30.5. The maximum atomic E-state index is 9.50. The van der Waals surface area contributed by atoms with E-state index >= 15 is 0 Å². The molecule has 0 bridgehead atoms. The van der Waals surface area contributed by atoms with E-state index in [2.05, 4.69) is 0 Å². The maximum Gasteiger partial charge on any atom is 2.00 e. The minimum absolute atomic E-state index is 0. The zero-order valence-corrected chi connectivity index (χ0v) is 15.0. The van der Waals surface area contributed by atoms with Crippen molar-refractivity contribution >= 4 is 45.4 Å². The van der Waals surface area contributed by atoms with Crippen molar-refractivity contribution in [2.45, 2.75) is 12.8 Å². The molecule has 0 amide bonds. The third-order valence-corrected chi connectivity index (χ3v) is 0.533. The largest absolute Gasteiger partial charge is 2.00 e. The Kier molecular flexibility index (Phi) is 31.6. The van der Waals surface area contributed by atoms with Crippen LogP contribution in [0.5, 0.6) is 0 Å². The molecule has 78 valence electrons. The molecule has 8 nitrogen and oxygen atoms in total. The topological polar surface area (TPSA) is 161 Å². The van der Waals surface area contributed by atoms with Gasteiger partial charge in [0.15, 0.2) is 0 Å². The molecule has 0 atom stereocenters. The molecule has 0 spiro atoms. The fraction of sp³-hybridized carbons (Fsp3) is 0.500. The SMILES string of the molecule is O=C([O-])CCC(=O)[O-].O=S(=O)([O-])[O-].[Mg+2].[Na+].[Na+]. The minimum atomic E-state index is -5.17. The number of carbonyl (C=O) groups is 2. The molecule has 0 aliphatic heterocycles. The number of hydrogen-bond acceptors (Lipinski definition) is 8. The van der Waals surface area contributed by atoms with Gasteiger partial charge in [0, 0.05) is 22.3 Å². The summed E-state index contributed by atoms with van der Waals surface area (Å²) >= 11 is 0. The van der Waals surface area contributed by atoms with Crippen LogP contribution in [0.2, 0.25) is 0 Å². The van der Waals surface area contributed by atoms with Crippen LogP contribution in [-0.2, 0) is 20.0 Å². The molecule has 0 aliphatic rings. The van der Waals surface area contributed by atoms with Crippen LogP contribution in [0, 0.1) is 0 Å². The van der Waals surface area contributed by atoms with Gasteiger partial charge < -0.3 is 28.9 Å². The average molecular weight is 282 g/mol. The average Bonchev–Trinajstić information content (AvgIpc) is 1.79. The van der Waals surface area contributed by atoms with Gasteiger partial charge in [0.1, 0.15) is 0 Å². The molecule has 0 fully saturated rings. The predicted molar refractivity (Wildman–Crippen MR) is 35.5 cm³/mol. The van der Waals surface area contributed by atoms with E-state index in [0.717, 1.165) is 0 Å². The molecule has 0 radical (unpaired) electrons. The first-order chi connectivity index (χ1) is 5.63. The summed E-state index contributed by atoms with van der Waals surface area (Å²) in [5.74, 6) is -2.73. The Morgan fingerprint density at radius 3 is 1.06 bits per heavy atom. The summed E-state index contributed by atoms with van der Waals surface area (Å²) in [7, 11) is -5.17. The molecule has 0 heterocycles. The first-order valence-electron chi connectivity index (χ1n) is 2.69.